The van der Waals surface area contributed by atoms with Crippen LogP contribution in [0.1, 0.15) is 10.4 Å². The number of pyridine rings is 2. The van der Waals surface area contributed by atoms with Crippen LogP contribution in [0.5, 0.6) is 11.5 Å². The number of rotatable bonds is 5. The van der Waals surface area contributed by atoms with Crippen molar-refractivity contribution in [2.45, 2.75) is 0 Å². The van der Waals surface area contributed by atoms with Crippen molar-refractivity contribution in [2.75, 3.05) is 11.1 Å². The highest BCUT2D eigenvalue weighted by molar-refractivity contribution is 6.04. The van der Waals surface area contributed by atoms with E-state index >= 15 is 0 Å². The van der Waals surface area contributed by atoms with E-state index in [4.69, 9.17) is 10.5 Å². The smallest absolute Gasteiger partial charge is 0.267 e. The first-order valence-electron chi connectivity index (χ1n) is 9.39. The predicted octanol–water partition coefficient (Wildman–Crippen LogP) is 4.14. The van der Waals surface area contributed by atoms with Crippen LogP contribution in [0.2, 0.25) is 0 Å². The Morgan fingerprint density at radius 1 is 1.00 bits per heavy atom. The molecule has 0 aliphatic heterocycles. The largest absolute Gasteiger partial charge is 0.454 e. The Hall–Kier alpha value is -4.53. The number of nitrogens with zero attached hydrogens (tertiary/aromatic N) is 2. The van der Waals surface area contributed by atoms with Crippen molar-refractivity contribution in [3.8, 4) is 17.2 Å². The number of anilines is 2. The second-order valence-corrected chi connectivity index (χ2v) is 6.67. The number of hydrogen-bond acceptors (Lipinski definition) is 5. The molecule has 2 heterocycles. The van der Waals surface area contributed by atoms with Crippen LogP contribution in [0.4, 0.5) is 20.3 Å². The number of nitrogen functional groups attached to an aromatic ring is 1. The number of halogens is 2. The van der Waals surface area contributed by atoms with Crippen molar-refractivity contribution in [1.82, 2.24) is 9.55 Å². The SMILES string of the molecule is Nc1cc(Oc2cc(F)c(NC(=O)c3cccn(-c4ccccc4)c3=O)cc2F)ccn1. The van der Waals surface area contributed by atoms with Gasteiger partial charge in [0.1, 0.15) is 17.1 Å². The summed E-state index contributed by atoms with van der Waals surface area (Å²) < 4.78 is 35.6. The van der Waals surface area contributed by atoms with Crippen LogP contribution in [0.3, 0.4) is 0 Å². The van der Waals surface area contributed by atoms with Gasteiger partial charge in [0.15, 0.2) is 17.4 Å². The van der Waals surface area contributed by atoms with E-state index in [2.05, 4.69) is 10.3 Å². The lowest BCUT2D eigenvalue weighted by molar-refractivity contribution is 0.102. The molecule has 0 bridgehead atoms. The highest BCUT2D eigenvalue weighted by Gasteiger charge is 2.18. The fourth-order valence-electron chi connectivity index (χ4n) is 2.97. The van der Waals surface area contributed by atoms with Gasteiger partial charge in [-0.3, -0.25) is 14.2 Å². The van der Waals surface area contributed by atoms with Gasteiger partial charge in [-0.25, -0.2) is 13.8 Å². The molecule has 1 amide bonds. The number of hydrogen-bond donors (Lipinski definition) is 2. The van der Waals surface area contributed by atoms with E-state index in [1.165, 1.54) is 41.2 Å². The molecule has 160 valence electrons. The summed E-state index contributed by atoms with van der Waals surface area (Å²) >= 11 is 0. The first-order chi connectivity index (χ1) is 15.4. The second kappa shape index (κ2) is 8.68. The van der Waals surface area contributed by atoms with Crippen molar-refractivity contribution in [3.63, 3.8) is 0 Å². The maximum Gasteiger partial charge on any atom is 0.267 e. The zero-order chi connectivity index (χ0) is 22.7. The van der Waals surface area contributed by atoms with Crippen LogP contribution in [0, 0.1) is 11.6 Å². The van der Waals surface area contributed by atoms with Gasteiger partial charge in [-0.1, -0.05) is 18.2 Å². The molecule has 7 nitrogen and oxygen atoms in total. The van der Waals surface area contributed by atoms with Crippen LogP contribution in [0.15, 0.2) is 83.9 Å². The molecule has 0 saturated carbocycles. The fraction of sp³-hybridized carbons (Fsp3) is 0. The number of benzene rings is 2. The zero-order valence-electron chi connectivity index (χ0n) is 16.5. The maximum absolute atomic E-state index is 14.6. The van der Waals surface area contributed by atoms with Crippen LogP contribution in [0.25, 0.3) is 5.69 Å². The molecule has 2 aromatic carbocycles. The first kappa shape index (κ1) is 20.7. The lowest BCUT2D eigenvalue weighted by atomic mass is 10.2. The molecule has 0 radical (unpaired) electrons. The summed E-state index contributed by atoms with van der Waals surface area (Å²) in [6.07, 6.45) is 2.86. The summed E-state index contributed by atoms with van der Waals surface area (Å²) in [4.78, 5) is 29.2. The molecule has 0 spiro atoms. The van der Waals surface area contributed by atoms with Crippen molar-refractivity contribution < 1.29 is 18.3 Å². The van der Waals surface area contributed by atoms with Gasteiger partial charge in [0.2, 0.25) is 0 Å². The number of nitrogens with one attached hydrogen (secondary N) is 1. The minimum atomic E-state index is -0.948. The summed E-state index contributed by atoms with van der Waals surface area (Å²) in [6, 6.07) is 15.8. The molecule has 4 aromatic rings. The molecule has 0 atom stereocenters. The van der Waals surface area contributed by atoms with E-state index in [0.29, 0.717) is 5.69 Å². The molecule has 0 aliphatic rings. The van der Waals surface area contributed by atoms with Crippen molar-refractivity contribution in [1.29, 1.82) is 0 Å². The summed E-state index contributed by atoms with van der Waals surface area (Å²) in [7, 11) is 0. The van der Waals surface area contributed by atoms with E-state index in [9.17, 15) is 18.4 Å². The van der Waals surface area contributed by atoms with Crippen LogP contribution in [-0.2, 0) is 0 Å². The van der Waals surface area contributed by atoms with Gasteiger partial charge in [0, 0.05) is 36.3 Å². The van der Waals surface area contributed by atoms with E-state index < -0.39 is 34.5 Å². The number of nitrogens with two attached hydrogens (primary N) is 1. The Balaban J connectivity index is 1.59. The molecule has 0 unspecified atom stereocenters. The molecule has 9 heteroatoms. The number of carbonyl (C=O) groups excluding carboxylic acids is 1. The highest BCUT2D eigenvalue weighted by atomic mass is 19.1. The first-order valence-corrected chi connectivity index (χ1v) is 9.39. The maximum atomic E-state index is 14.6. The number of carbonyl (C=O) groups is 1. The Morgan fingerprint density at radius 2 is 1.78 bits per heavy atom. The topological polar surface area (TPSA) is 99.2 Å². The van der Waals surface area contributed by atoms with Gasteiger partial charge in [-0.2, -0.15) is 0 Å². The molecule has 0 aliphatic carbocycles. The molecule has 2 aromatic heterocycles. The summed E-state index contributed by atoms with van der Waals surface area (Å²) in [5.41, 5.74) is 4.82. The second-order valence-electron chi connectivity index (χ2n) is 6.67. The average Bonchev–Trinajstić information content (AvgIpc) is 2.78. The van der Waals surface area contributed by atoms with Gasteiger partial charge in [-0.05, 0) is 30.3 Å². The van der Waals surface area contributed by atoms with E-state index in [1.807, 2.05) is 0 Å². The van der Waals surface area contributed by atoms with Gasteiger partial charge in [0.25, 0.3) is 11.5 Å². The summed E-state index contributed by atoms with van der Waals surface area (Å²) in [5.74, 6) is -2.84. The van der Waals surface area contributed by atoms with E-state index in [1.54, 1.807) is 30.3 Å². The zero-order valence-corrected chi connectivity index (χ0v) is 16.5. The molecule has 4 rings (SSSR count). The minimum Gasteiger partial charge on any atom is -0.454 e. The van der Waals surface area contributed by atoms with E-state index in [-0.39, 0.29) is 17.1 Å². The molecule has 0 saturated heterocycles. The Morgan fingerprint density at radius 3 is 2.53 bits per heavy atom. The minimum absolute atomic E-state index is 0.149. The number of amides is 1. The molecule has 32 heavy (non-hydrogen) atoms. The Labute approximate surface area is 180 Å². The van der Waals surface area contributed by atoms with Gasteiger partial charge in [-0.15, -0.1) is 0 Å². The van der Waals surface area contributed by atoms with Crippen LogP contribution in [-0.4, -0.2) is 15.5 Å². The standard InChI is InChI=1S/C23H16F2N4O3/c24-17-13-20(32-15-8-9-27-21(26)11-15)18(25)12-19(17)28-22(30)16-7-4-10-29(23(16)31)14-5-2-1-3-6-14/h1-13H,(H2,26,27)(H,28,30). The van der Waals surface area contributed by atoms with Crippen molar-refractivity contribution >= 4 is 17.4 Å². The molecule has 0 fully saturated rings. The Bertz CT molecular complexity index is 1360. The molecule has 3 N–H and O–H groups in total. The van der Waals surface area contributed by atoms with E-state index in [0.717, 1.165) is 12.1 Å². The quantitative estimate of drug-likeness (QED) is 0.492. The lowest BCUT2D eigenvalue weighted by Gasteiger charge is -2.12. The van der Waals surface area contributed by atoms with Crippen LogP contribution < -0.4 is 21.3 Å². The number of ether oxygens (including phenoxy) is 1. The number of para-hydroxylation sites is 1. The third-order valence-electron chi connectivity index (χ3n) is 4.48. The molecular formula is C23H16F2N4O3. The normalized spacial score (nSPS) is 10.6. The molecular weight excluding hydrogens is 418 g/mol. The number of aromatic nitrogens is 2. The third-order valence-corrected chi connectivity index (χ3v) is 4.48. The van der Waals surface area contributed by atoms with Gasteiger partial charge < -0.3 is 15.8 Å². The summed E-state index contributed by atoms with van der Waals surface area (Å²) in [6.45, 7) is 0. The Kier molecular flexibility index (Phi) is 5.63. The summed E-state index contributed by atoms with van der Waals surface area (Å²) in [5, 5.41) is 2.23. The highest BCUT2D eigenvalue weighted by Crippen LogP contribution is 2.29. The van der Waals surface area contributed by atoms with Crippen LogP contribution >= 0.6 is 0 Å². The monoisotopic (exact) mass is 434 g/mol. The fourth-order valence-corrected chi connectivity index (χ4v) is 2.97. The lowest BCUT2D eigenvalue weighted by Crippen LogP contribution is -2.28. The van der Waals surface area contributed by atoms with Crippen molar-refractivity contribution in [3.05, 3.63) is 107 Å². The predicted molar refractivity (Wildman–Crippen MR) is 115 cm³/mol. The average molecular weight is 434 g/mol. The third kappa shape index (κ3) is 4.31. The van der Waals surface area contributed by atoms with Crippen molar-refractivity contribution in [2.24, 2.45) is 0 Å². The van der Waals surface area contributed by atoms with Gasteiger partial charge in [0.05, 0.1) is 5.69 Å². The van der Waals surface area contributed by atoms with Gasteiger partial charge >= 0.3 is 0 Å².